The van der Waals surface area contributed by atoms with Crippen molar-refractivity contribution in [3.8, 4) is 5.75 Å². The van der Waals surface area contributed by atoms with E-state index in [1.165, 1.54) is 6.20 Å². The van der Waals surface area contributed by atoms with Gasteiger partial charge in [0.25, 0.3) is 0 Å². The van der Waals surface area contributed by atoms with Crippen LogP contribution >= 0.6 is 0 Å². The number of para-hydroxylation sites is 1. The van der Waals surface area contributed by atoms with Crippen molar-refractivity contribution < 1.29 is 19.1 Å². The van der Waals surface area contributed by atoms with Crippen LogP contribution in [0.2, 0.25) is 0 Å². The number of carbonyl (C=O) groups excluding carboxylic acids is 2. The maximum absolute atomic E-state index is 11.7. The van der Waals surface area contributed by atoms with Crippen molar-refractivity contribution in [2.45, 2.75) is 6.92 Å². The minimum absolute atomic E-state index is 0.129. The van der Waals surface area contributed by atoms with Crippen LogP contribution in [0.4, 0.5) is 10.6 Å². The molecule has 0 bridgehead atoms. The number of ether oxygens (including phenoxy) is 2. The van der Waals surface area contributed by atoms with E-state index in [1.54, 1.807) is 37.3 Å². The second-order valence-electron chi connectivity index (χ2n) is 3.71. The van der Waals surface area contributed by atoms with Gasteiger partial charge in [0.05, 0.1) is 12.8 Å². The Hall–Kier alpha value is -2.83. The monoisotopic (exact) mass is 275 g/mol. The number of hydrogen-bond donors (Lipinski definition) is 2. The summed E-state index contributed by atoms with van der Waals surface area (Å²) < 4.78 is 9.87. The third-order valence-corrected chi connectivity index (χ3v) is 2.32. The zero-order chi connectivity index (χ0) is 14.4. The van der Waals surface area contributed by atoms with E-state index in [-0.39, 0.29) is 18.0 Å². The first-order chi connectivity index (χ1) is 9.70. The fourth-order valence-corrected chi connectivity index (χ4v) is 1.47. The minimum atomic E-state index is -0.731. The van der Waals surface area contributed by atoms with Gasteiger partial charge in [0.2, 0.25) is 0 Å². The Balaban J connectivity index is 2.02. The number of esters is 1. The van der Waals surface area contributed by atoms with Gasteiger partial charge in [0, 0.05) is 0 Å². The Kier molecular flexibility index (Phi) is 4.33. The van der Waals surface area contributed by atoms with Crippen LogP contribution < -0.4 is 10.1 Å². The predicted molar refractivity (Wildman–Crippen MR) is 70.6 cm³/mol. The first-order valence-corrected chi connectivity index (χ1v) is 5.95. The molecule has 1 aromatic carbocycles. The molecule has 2 aromatic rings. The van der Waals surface area contributed by atoms with Crippen LogP contribution in [0, 0.1) is 0 Å². The summed E-state index contributed by atoms with van der Waals surface area (Å²) in [5.74, 6) is -0.0529. The quantitative estimate of drug-likeness (QED) is 0.834. The van der Waals surface area contributed by atoms with Gasteiger partial charge in [-0.1, -0.05) is 18.2 Å². The average molecular weight is 275 g/mol. The Morgan fingerprint density at radius 1 is 1.30 bits per heavy atom. The predicted octanol–water partition coefficient (Wildman–Crippen LogP) is 2.20. The second-order valence-corrected chi connectivity index (χ2v) is 3.71. The van der Waals surface area contributed by atoms with E-state index in [0.717, 1.165) is 0 Å². The summed E-state index contributed by atoms with van der Waals surface area (Å²) in [6.45, 7) is 1.92. The molecule has 2 rings (SSSR count). The summed E-state index contributed by atoms with van der Waals surface area (Å²) in [4.78, 5) is 23.3. The molecule has 1 heterocycles. The highest BCUT2D eigenvalue weighted by Gasteiger charge is 2.17. The van der Waals surface area contributed by atoms with Crippen molar-refractivity contribution in [1.82, 2.24) is 10.2 Å². The molecule has 7 nitrogen and oxygen atoms in total. The zero-order valence-corrected chi connectivity index (χ0v) is 10.8. The van der Waals surface area contributed by atoms with E-state index in [4.69, 9.17) is 9.47 Å². The first kappa shape index (κ1) is 13.6. The van der Waals surface area contributed by atoms with Gasteiger partial charge in [-0.3, -0.25) is 10.4 Å². The molecule has 0 spiro atoms. The molecule has 1 aromatic heterocycles. The van der Waals surface area contributed by atoms with Crippen molar-refractivity contribution in [3.05, 3.63) is 42.1 Å². The summed E-state index contributed by atoms with van der Waals surface area (Å²) in [5, 5.41) is 8.59. The number of carbonyl (C=O) groups is 2. The molecular weight excluding hydrogens is 262 g/mol. The largest absolute Gasteiger partial charge is 0.462 e. The van der Waals surface area contributed by atoms with Gasteiger partial charge in [-0.2, -0.15) is 5.10 Å². The Bertz CT molecular complexity index is 595. The van der Waals surface area contributed by atoms with Crippen LogP contribution in [0.25, 0.3) is 0 Å². The molecule has 104 valence electrons. The van der Waals surface area contributed by atoms with Gasteiger partial charge in [-0.15, -0.1) is 0 Å². The maximum atomic E-state index is 11.7. The smallest absolute Gasteiger partial charge is 0.418 e. The van der Waals surface area contributed by atoms with Crippen molar-refractivity contribution >= 4 is 17.9 Å². The third kappa shape index (κ3) is 3.35. The number of nitrogens with one attached hydrogen (secondary N) is 2. The lowest BCUT2D eigenvalue weighted by Gasteiger charge is -2.06. The fourth-order valence-electron chi connectivity index (χ4n) is 1.47. The van der Waals surface area contributed by atoms with Crippen molar-refractivity contribution in [2.24, 2.45) is 0 Å². The number of hydrogen-bond acceptors (Lipinski definition) is 5. The van der Waals surface area contributed by atoms with Crippen LogP contribution in [-0.4, -0.2) is 28.9 Å². The van der Waals surface area contributed by atoms with Gasteiger partial charge < -0.3 is 9.47 Å². The molecule has 0 unspecified atom stereocenters. The summed E-state index contributed by atoms with van der Waals surface area (Å²) in [5.41, 5.74) is 0.136. The molecule has 0 aliphatic rings. The number of rotatable bonds is 4. The molecule has 20 heavy (non-hydrogen) atoms. The summed E-state index contributed by atoms with van der Waals surface area (Å²) >= 11 is 0. The number of benzene rings is 1. The SMILES string of the molecule is CCOC(=O)c1cn[nH]c1NC(=O)Oc1ccccc1. The van der Waals surface area contributed by atoms with Gasteiger partial charge in [-0.25, -0.2) is 9.59 Å². The number of anilines is 1. The van der Waals surface area contributed by atoms with E-state index in [9.17, 15) is 9.59 Å². The number of aromatic amines is 1. The highest BCUT2D eigenvalue weighted by molar-refractivity contribution is 5.98. The molecular formula is C13H13N3O4. The fraction of sp³-hybridized carbons (Fsp3) is 0.154. The first-order valence-electron chi connectivity index (χ1n) is 5.95. The molecule has 0 aliphatic heterocycles. The van der Waals surface area contributed by atoms with Gasteiger partial charge in [0.15, 0.2) is 0 Å². The Morgan fingerprint density at radius 3 is 2.75 bits per heavy atom. The number of amides is 1. The molecule has 0 aliphatic carbocycles. The molecule has 0 fully saturated rings. The average Bonchev–Trinajstić information content (AvgIpc) is 2.88. The number of H-pyrrole nitrogens is 1. The van der Waals surface area contributed by atoms with Crippen molar-refractivity contribution in [1.29, 1.82) is 0 Å². The van der Waals surface area contributed by atoms with Crippen molar-refractivity contribution in [2.75, 3.05) is 11.9 Å². The maximum Gasteiger partial charge on any atom is 0.418 e. The van der Waals surface area contributed by atoms with E-state index >= 15 is 0 Å². The summed E-state index contributed by atoms with van der Waals surface area (Å²) in [6, 6.07) is 8.56. The van der Waals surface area contributed by atoms with Crippen LogP contribution in [-0.2, 0) is 4.74 Å². The Labute approximate surface area is 114 Å². The van der Waals surface area contributed by atoms with Crippen LogP contribution in [0.5, 0.6) is 5.75 Å². The normalized spacial score (nSPS) is 9.85. The van der Waals surface area contributed by atoms with E-state index < -0.39 is 12.1 Å². The summed E-state index contributed by atoms with van der Waals surface area (Å²) in [6.07, 6.45) is 0.543. The zero-order valence-electron chi connectivity index (χ0n) is 10.8. The van der Waals surface area contributed by atoms with Crippen LogP contribution in [0.15, 0.2) is 36.5 Å². The van der Waals surface area contributed by atoms with Gasteiger partial charge >= 0.3 is 12.1 Å². The van der Waals surface area contributed by atoms with E-state index in [0.29, 0.717) is 5.75 Å². The molecule has 1 amide bonds. The lowest BCUT2D eigenvalue weighted by molar-refractivity contribution is 0.0527. The molecule has 0 saturated carbocycles. The molecule has 2 N–H and O–H groups in total. The highest BCUT2D eigenvalue weighted by atomic mass is 16.6. The van der Waals surface area contributed by atoms with Crippen LogP contribution in [0.3, 0.4) is 0 Å². The Morgan fingerprint density at radius 2 is 2.05 bits per heavy atom. The molecule has 0 atom stereocenters. The number of aromatic nitrogens is 2. The topological polar surface area (TPSA) is 93.3 Å². The number of nitrogens with zero attached hydrogens (tertiary/aromatic N) is 1. The lowest BCUT2D eigenvalue weighted by Crippen LogP contribution is -2.19. The minimum Gasteiger partial charge on any atom is -0.462 e. The second kappa shape index (κ2) is 6.37. The highest BCUT2D eigenvalue weighted by Crippen LogP contribution is 2.14. The lowest BCUT2D eigenvalue weighted by atomic mass is 10.3. The van der Waals surface area contributed by atoms with Crippen LogP contribution in [0.1, 0.15) is 17.3 Å². The van der Waals surface area contributed by atoms with Gasteiger partial charge in [0.1, 0.15) is 17.1 Å². The van der Waals surface area contributed by atoms with Gasteiger partial charge in [-0.05, 0) is 19.1 Å². The summed E-state index contributed by atoms with van der Waals surface area (Å²) in [7, 11) is 0. The third-order valence-electron chi connectivity index (χ3n) is 2.32. The molecule has 0 saturated heterocycles. The standard InChI is InChI=1S/C13H13N3O4/c1-2-19-12(17)10-8-14-16-11(10)15-13(18)20-9-6-4-3-5-7-9/h3-8H,2H2,1H3,(H2,14,15,16,18). The van der Waals surface area contributed by atoms with Crippen molar-refractivity contribution in [3.63, 3.8) is 0 Å². The van der Waals surface area contributed by atoms with E-state index in [1.807, 2.05) is 0 Å². The molecule has 0 radical (unpaired) electrons. The van der Waals surface area contributed by atoms with E-state index in [2.05, 4.69) is 15.5 Å². The molecule has 7 heteroatoms.